The molecule has 0 saturated heterocycles. The van der Waals surface area contributed by atoms with Gasteiger partial charge < -0.3 is 20.0 Å². The molecule has 0 aliphatic heterocycles. The van der Waals surface area contributed by atoms with Crippen LogP contribution in [0.2, 0.25) is 20.1 Å². The zero-order valence-corrected chi connectivity index (χ0v) is 31.7. The highest BCUT2D eigenvalue weighted by Gasteiger charge is 2.16. The van der Waals surface area contributed by atoms with Gasteiger partial charge in [0.05, 0.1) is 16.5 Å². The third-order valence-corrected chi connectivity index (χ3v) is 6.35. The predicted octanol–water partition coefficient (Wildman–Crippen LogP) is 10.1. The molecule has 252 valence electrons. The smallest absolute Gasteiger partial charge is 0.407 e. The van der Waals surface area contributed by atoms with Crippen molar-refractivity contribution in [2.75, 3.05) is 17.5 Å². The fraction of sp³-hybridized carbons (Fsp3) is 0.387. The molecule has 0 atom stereocenters. The van der Waals surface area contributed by atoms with Gasteiger partial charge >= 0.3 is 6.09 Å². The van der Waals surface area contributed by atoms with Gasteiger partial charge in [0, 0.05) is 62.8 Å². The van der Waals surface area contributed by atoms with Gasteiger partial charge in [0.15, 0.2) is 0 Å². The quantitative estimate of drug-likeness (QED) is 0.0700. The largest absolute Gasteiger partial charge is 0.444 e. The van der Waals surface area contributed by atoms with Gasteiger partial charge in [-0.05, 0) is 61.6 Å². The highest BCUT2D eigenvalue weighted by molar-refractivity contribution is 14.1. The minimum absolute atomic E-state index is 0.129. The number of hydrogen-bond acceptors (Lipinski definition) is 6. The number of hydrogen-bond donors (Lipinski definition) is 3. The maximum absolute atomic E-state index is 11.6. The van der Waals surface area contributed by atoms with E-state index in [-0.39, 0.29) is 11.5 Å². The first kappa shape index (κ1) is 41.4. The number of imidazole rings is 2. The number of amides is 1. The molecule has 0 aliphatic carbocycles. The van der Waals surface area contributed by atoms with E-state index in [1.807, 2.05) is 40.7 Å². The molecule has 0 radical (unpaired) electrons. The SMILES string of the molecule is CC.CC(C)(C)OC(=O)NCCc1cnc(-c2ccc(Cl)cc2Cl)[nH]1.CCI.O=[N+]([O-])CCc1cnc(-c2ccc(Cl)cc2Cl)[nH]1. The van der Waals surface area contributed by atoms with E-state index in [1.165, 1.54) is 4.43 Å². The first-order chi connectivity index (χ1) is 21.7. The third kappa shape index (κ3) is 15.8. The van der Waals surface area contributed by atoms with Crippen molar-refractivity contribution in [3.8, 4) is 22.8 Å². The third-order valence-electron chi connectivity index (χ3n) is 5.26. The molecule has 2 aromatic carbocycles. The van der Waals surface area contributed by atoms with Gasteiger partial charge in [-0.2, -0.15) is 0 Å². The number of nitrogens with one attached hydrogen (secondary N) is 3. The number of carbonyl (C=O) groups excluding carboxylic acids is 1. The number of ether oxygens (including phenoxy) is 1. The Balaban J connectivity index is 0.000000412. The van der Waals surface area contributed by atoms with Gasteiger partial charge in [-0.25, -0.2) is 14.8 Å². The molecule has 0 aliphatic rings. The Hall–Kier alpha value is -2.58. The number of alkyl halides is 1. The fourth-order valence-electron chi connectivity index (χ4n) is 3.43. The second-order valence-electron chi connectivity index (χ2n) is 10.0. The van der Waals surface area contributed by atoms with Crippen molar-refractivity contribution in [1.82, 2.24) is 25.3 Å². The molecule has 10 nitrogen and oxygen atoms in total. The lowest BCUT2D eigenvalue weighted by molar-refractivity contribution is -0.479. The molecule has 4 aromatic rings. The topological polar surface area (TPSA) is 139 Å². The average molecular weight is 828 g/mol. The summed E-state index contributed by atoms with van der Waals surface area (Å²) in [7, 11) is 0. The zero-order valence-electron chi connectivity index (χ0n) is 26.5. The van der Waals surface area contributed by atoms with Crippen LogP contribution in [0, 0.1) is 10.1 Å². The standard InChI is InChI=1S/C16H19Cl2N3O2.C11H9Cl2N3O2.C2H5I.C2H6/c1-16(2,3)23-15(22)19-7-6-11-9-20-14(21-11)12-5-4-10(17)8-13(12)18;12-7-1-2-9(10(13)5-7)11-14-6-8(15-11)3-4-16(17)18;1-2-3;1-2/h4-5,8-9H,6-7H2,1-3H3,(H,19,22)(H,20,21);1-2,5-6H,3-4H2,(H,14,15);2H2,1H3;1-2H3. The van der Waals surface area contributed by atoms with Crippen LogP contribution in [0.5, 0.6) is 0 Å². The maximum atomic E-state index is 11.6. The molecule has 46 heavy (non-hydrogen) atoms. The summed E-state index contributed by atoms with van der Waals surface area (Å²) in [5, 5.41) is 15.1. The minimum Gasteiger partial charge on any atom is -0.444 e. The van der Waals surface area contributed by atoms with Crippen molar-refractivity contribution >= 4 is 75.1 Å². The molecule has 0 unspecified atom stereocenters. The average Bonchev–Trinajstić information content (AvgIpc) is 3.63. The minimum atomic E-state index is -0.503. The summed E-state index contributed by atoms with van der Waals surface area (Å²) in [4.78, 5) is 36.1. The van der Waals surface area contributed by atoms with E-state index in [9.17, 15) is 14.9 Å². The first-order valence-corrected chi connectivity index (χ1v) is 17.4. The van der Waals surface area contributed by atoms with Crippen LogP contribution in [0.1, 0.15) is 52.9 Å². The van der Waals surface area contributed by atoms with Gasteiger partial charge in [0.1, 0.15) is 17.2 Å². The molecule has 4 rings (SSSR count). The Kier molecular flexibility index (Phi) is 19.2. The molecular formula is C31H39Cl4IN6O4. The van der Waals surface area contributed by atoms with E-state index in [0.29, 0.717) is 62.4 Å². The lowest BCUT2D eigenvalue weighted by Crippen LogP contribution is -2.33. The van der Waals surface area contributed by atoms with E-state index in [0.717, 1.165) is 11.3 Å². The summed E-state index contributed by atoms with van der Waals surface area (Å²) in [5.41, 5.74) is 2.59. The Morgan fingerprint density at radius 3 is 1.74 bits per heavy atom. The van der Waals surface area contributed by atoms with Crippen molar-refractivity contribution < 1.29 is 14.5 Å². The van der Waals surface area contributed by atoms with Gasteiger partial charge in [-0.3, -0.25) is 10.1 Å². The fourth-order valence-corrected chi connectivity index (χ4v) is 4.43. The van der Waals surface area contributed by atoms with E-state index >= 15 is 0 Å². The van der Waals surface area contributed by atoms with Crippen LogP contribution < -0.4 is 5.32 Å². The number of rotatable bonds is 8. The Morgan fingerprint density at radius 1 is 0.913 bits per heavy atom. The molecule has 0 spiro atoms. The molecule has 0 saturated carbocycles. The highest BCUT2D eigenvalue weighted by Crippen LogP contribution is 2.29. The number of aromatic nitrogens is 4. The molecule has 0 bridgehead atoms. The van der Waals surface area contributed by atoms with Gasteiger partial charge in [-0.15, -0.1) is 0 Å². The molecule has 1 amide bonds. The Morgan fingerprint density at radius 2 is 1.35 bits per heavy atom. The Bertz CT molecular complexity index is 1520. The lowest BCUT2D eigenvalue weighted by atomic mass is 10.2. The number of carbonyl (C=O) groups is 1. The summed E-state index contributed by atoms with van der Waals surface area (Å²) in [6, 6.07) is 10.3. The second-order valence-corrected chi connectivity index (χ2v) is 13.2. The first-order valence-electron chi connectivity index (χ1n) is 14.4. The number of benzene rings is 2. The molecule has 0 fully saturated rings. The highest BCUT2D eigenvalue weighted by atomic mass is 127. The molecular weight excluding hydrogens is 789 g/mol. The van der Waals surface area contributed by atoms with Gasteiger partial charge in [-0.1, -0.05) is 89.8 Å². The molecule has 15 heteroatoms. The molecule has 2 aromatic heterocycles. The summed E-state index contributed by atoms with van der Waals surface area (Å²) in [6.07, 6.45) is 3.78. The number of H-pyrrole nitrogens is 2. The van der Waals surface area contributed by atoms with E-state index in [4.69, 9.17) is 51.1 Å². The summed E-state index contributed by atoms with van der Waals surface area (Å²) >= 11 is 26.2. The van der Waals surface area contributed by atoms with Gasteiger partial charge in [0.25, 0.3) is 0 Å². The van der Waals surface area contributed by atoms with Crippen molar-refractivity contribution in [3.05, 3.63) is 90.4 Å². The maximum Gasteiger partial charge on any atom is 0.407 e. The number of aromatic amines is 2. The van der Waals surface area contributed by atoms with Crippen molar-refractivity contribution in [3.63, 3.8) is 0 Å². The lowest BCUT2D eigenvalue weighted by Gasteiger charge is -2.19. The van der Waals surface area contributed by atoms with Crippen LogP contribution >= 0.6 is 69.0 Å². The predicted molar refractivity (Wildman–Crippen MR) is 198 cm³/mol. The van der Waals surface area contributed by atoms with E-state index in [1.54, 1.807) is 42.7 Å². The van der Waals surface area contributed by atoms with Crippen LogP contribution in [-0.2, 0) is 17.6 Å². The zero-order chi connectivity index (χ0) is 34.9. The number of nitro groups is 1. The van der Waals surface area contributed by atoms with Crippen LogP contribution in [0.25, 0.3) is 22.8 Å². The summed E-state index contributed by atoms with van der Waals surface area (Å²) in [5.74, 6) is 1.24. The van der Waals surface area contributed by atoms with Crippen LogP contribution in [-0.4, -0.2) is 54.1 Å². The summed E-state index contributed by atoms with van der Waals surface area (Å²) < 4.78 is 6.39. The van der Waals surface area contributed by atoms with Crippen molar-refractivity contribution in [2.24, 2.45) is 0 Å². The van der Waals surface area contributed by atoms with Crippen LogP contribution in [0.15, 0.2) is 48.8 Å². The number of alkyl carbamates (subject to hydrolysis) is 1. The normalized spacial score (nSPS) is 10.3. The summed E-state index contributed by atoms with van der Waals surface area (Å²) in [6.45, 7) is 11.9. The number of nitrogens with zero attached hydrogens (tertiary/aromatic N) is 3. The van der Waals surface area contributed by atoms with Crippen LogP contribution in [0.4, 0.5) is 4.79 Å². The monoisotopic (exact) mass is 826 g/mol. The van der Waals surface area contributed by atoms with Crippen molar-refractivity contribution in [2.45, 2.75) is 60.0 Å². The van der Waals surface area contributed by atoms with E-state index < -0.39 is 11.7 Å². The van der Waals surface area contributed by atoms with Gasteiger partial charge in [0.2, 0.25) is 6.54 Å². The second kappa shape index (κ2) is 21.3. The van der Waals surface area contributed by atoms with Crippen molar-refractivity contribution in [1.29, 1.82) is 0 Å². The van der Waals surface area contributed by atoms with Crippen LogP contribution in [0.3, 0.4) is 0 Å². The Labute approximate surface area is 303 Å². The number of halogens is 5. The molecule has 3 N–H and O–H groups in total. The molecule has 2 heterocycles. The van der Waals surface area contributed by atoms with E-state index in [2.05, 4.69) is 54.8 Å².